The van der Waals surface area contributed by atoms with E-state index in [1.54, 1.807) is 0 Å². The lowest BCUT2D eigenvalue weighted by atomic mass is 10.2. The zero-order valence-electron chi connectivity index (χ0n) is 9.01. The maximum atomic E-state index is 11.1. The summed E-state index contributed by atoms with van der Waals surface area (Å²) in [6.45, 7) is 3.62. The van der Waals surface area contributed by atoms with E-state index in [2.05, 4.69) is 0 Å². The number of rotatable bonds is 4. The van der Waals surface area contributed by atoms with Gasteiger partial charge in [0.15, 0.2) is 6.29 Å². The second kappa shape index (κ2) is 4.63. The highest BCUT2D eigenvalue weighted by atomic mass is 32.2. The standard InChI is InChI=1S/C10H13NO4S/c1-7(2)15-10-4-3-9(16(11,13)14)5-8(10)6-12/h3-7H,1-2H3,(H2,11,13,14). The molecule has 6 heteroatoms. The van der Waals surface area contributed by atoms with E-state index in [9.17, 15) is 13.2 Å². The van der Waals surface area contributed by atoms with Crippen LogP contribution in [0.1, 0.15) is 24.2 Å². The van der Waals surface area contributed by atoms with Gasteiger partial charge in [-0.25, -0.2) is 13.6 Å². The topological polar surface area (TPSA) is 86.5 Å². The number of primary sulfonamides is 1. The van der Waals surface area contributed by atoms with Crippen LogP contribution in [0.25, 0.3) is 0 Å². The van der Waals surface area contributed by atoms with E-state index >= 15 is 0 Å². The molecule has 2 N–H and O–H groups in total. The number of hydrogen-bond acceptors (Lipinski definition) is 4. The molecule has 88 valence electrons. The fourth-order valence-corrected chi connectivity index (χ4v) is 1.71. The molecule has 0 atom stereocenters. The van der Waals surface area contributed by atoms with Crippen molar-refractivity contribution in [1.29, 1.82) is 0 Å². The van der Waals surface area contributed by atoms with Gasteiger partial charge in [0, 0.05) is 0 Å². The van der Waals surface area contributed by atoms with E-state index < -0.39 is 10.0 Å². The molecule has 0 fully saturated rings. The summed E-state index contributed by atoms with van der Waals surface area (Å²) < 4.78 is 27.4. The van der Waals surface area contributed by atoms with Gasteiger partial charge in [-0.05, 0) is 32.0 Å². The predicted molar refractivity (Wildman–Crippen MR) is 59.0 cm³/mol. The first kappa shape index (κ1) is 12.7. The van der Waals surface area contributed by atoms with Gasteiger partial charge in [-0.1, -0.05) is 0 Å². The van der Waals surface area contributed by atoms with E-state index in [1.807, 2.05) is 13.8 Å². The third kappa shape index (κ3) is 3.04. The van der Waals surface area contributed by atoms with Crippen molar-refractivity contribution in [3.05, 3.63) is 23.8 Å². The Bertz CT molecular complexity index is 494. The molecule has 0 unspecified atom stereocenters. The Labute approximate surface area is 94.3 Å². The van der Waals surface area contributed by atoms with Crippen molar-refractivity contribution in [2.24, 2.45) is 5.14 Å². The Hall–Kier alpha value is -1.40. The molecule has 16 heavy (non-hydrogen) atoms. The molecule has 0 radical (unpaired) electrons. The van der Waals surface area contributed by atoms with Crippen LogP contribution in [0.4, 0.5) is 0 Å². The summed E-state index contributed by atoms with van der Waals surface area (Å²) in [5, 5.41) is 4.95. The van der Waals surface area contributed by atoms with Crippen LogP contribution in [0.15, 0.2) is 23.1 Å². The lowest BCUT2D eigenvalue weighted by Gasteiger charge is -2.12. The predicted octanol–water partition coefficient (Wildman–Crippen LogP) is 0.934. The van der Waals surface area contributed by atoms with Gasteiger partial charge in [0.25, 0.3) is 0 Å². The SMILES string of the molecule is CC(C)Oc1ccc(S(N)(=O)=O)cc1C=O. The number of sulfonamides is 1. The van der Waals surface area contributed by atoms with Crippen LogP contribution in [-0.4, -0.2) is 20.8 Å². The summed E-state index contributed by atoms with van der Waals surface area (Å²) in [6.07, 6.45) is 0.436. The van der Waals surface area contributed by atoms with Crippen LogP contribution in [0.5, 0.6) is 5.75 Å². The lowest BCUT2D eigenvalue weighted by molar-refractivity contribution is 0.111. The fraction of sp³-hybridized carbons (Fsp3) is 0.300. The van der Waals surface area contributed by atoms with Crippen molar-refractivity contribution in [2.45, 2.75) is 24.8 Å². The van der Waals surface area contributed by atoms with E-state index in [-0.39, 0.29) is 16.6 Å². The van der Waals surface area contributed by atoms with Crippen molar-refractivity contribution < 1.29 is 17.9 Å². The molecule has 0 saturated heterocycles. The van der Waals surface area contributed by atoms with Crippen molar-refractivity contribution in [3.8, 4) is 5.75 Å². The van der Waals surface area contributed by atoms with Crippen molar-refractivity contribution in [1.82, 2.24) is 0 Å². The number of hydrogen-bond donors (Lipinski definition) is 1. The quantitative estimate of drug-likeness (QED) is 0.797. The van der Waals surface area contributed by atoms with E-state index in [4.69, 9.17) is 9.88 Å². The summed E-state index contributed by atoms with van der Waals surface area (Å²) >= 11 is 0. The molecule has 0 spiro atoms. The second-order valence-corrected chi connectivity index (χ2v) is 5.09. The van der Waals surface area contributed by atoms with Gasteiger partial charge in [0.2, 0.25) is 10.0 Å². The molecular formula is C10H13NO4S. The zero-order valence-corrected chi connectivity index (χ0v) is 9.82. The molecule has 0 saturated carbocycles. The number of ether oxygens (including phenoxy) is 1. The number of nitrogens with two attached hydrogens (primary N) is 1. The molecule has 1 aromatic carbocycles. The average molecular weight is 243 g/mol. The Morgan fingerprint density at radius 1 is 1.38 bits per heavy atom. The van der Waals surface area contributed by atoms with E-state index in [0.717, 1.165) is 0 Å². The Balaban J connectivity index is 3.22. The first-order chi connectivity index (χ1) is 7.34. The minimum atomic E-state index is -3.80. The maximum Gasteiger partial charge on any atom is 0.238 e. The van der Waals surface area contributed by atoms with Crippen LogP contribution >= 0.6 is 0 Å². The molecule has 0 heterocycles. The van der Waals surface area contributed by atoms with Crippen LogP contribution < -0.4 is 9.88 Å². The highest BCUT2D eigenvalue weighted by molar-refractivity contribution is 7.89. The first-order valence-corrected chi connectivity index (χ1v) is 6.18. The van der Waals surface area contributed by atoms with E-state index in [0.29, 0.717) is 12.0 Å². The van der Waals surface area contributed by atoms with Gasteiger partial charge in [0.1, 0.15) is 5.75 Å². The van der Waals surface area contributed by atoms with Crippen LogP contribution in [0.2, 0.25) is 0 Å². The third-order valence-electron chi connectivity index (χ3n) is 1.80. The molecule has 0 bridgehead atoms. The number of aldehydes is 1. The Morgan fingerprint density at radius 3 is 2.44 bits per heavy atom. The summed E-state index contributed by atoms with van der Waals surface area (Å²) in [7, 11) is -3.80. The van der Waals surface area contributed by atoms with Gasteiger partial charge < -0.3 is 4.74 Å². The van der Waals surface area contributed by atoms with Gasteiger partial charge in [-0.3, -0.25) is 4.79 Å². The molecule has 0 aliphatic rings. The molecule has 0 aromatic heterocycles. The lowest BCUT2D eigenvalue weighted by Crippen LogP contribution is -2.13. The van der Waals surface area contributed by atoms with Gasteiger partial charge >= 0.3 is 0 Å². The summed E-state index contributed by atoms with van der Waals surface area (Å²) in [5.74, 6) is 0.345. The monoisotopic (exact) mass is 243 g/mol. The first-order valence-electron chi connectivity index (χ1n) is 4.63. The third-order valence-corrected chi connectivity index (χ3v) is 2.71. The molecule has 0 aliphatic carbocycles. The normalized spacial score (nSPS) is 11.5. The largest absolute Gasteiger partial charge is 0.490 e. The maximum absolute atomic E-state index is 11.1. The molecule has 5 nitrogen and oxygen atoms in total. The van der Waals surface area contributed by atoms with E-state index in [1.165, 1.54) is 18.2 Å². The highest BCUT2D eigenvalue weighted by Crippen LogP contribution is 2.21. The van der Waals surface area contributed by atoms with Gasteiger partial charge in [0.05, 0.1) is 16.6 Å². The fourth-order valence-electron chi connectivity index (χ4n) is 1.16. The van der Waals surface area contributed by atoms with Crippen LogP contribution in [0.3, 0.4) is 0 Å². The van der Waals surface area contributed by atoms with Crippen molar-refractivity contribution in [3.63, 3.8) is 0 Å². The number of benzene rings is 1. The highest BCUT2D eigenvalue weighted by Gasteiger charge is 2.12. The van der Waals surface area contributed by atoms with Crippen molar-refractivity contribution in [2.75, 3.05) is 0 Å². The molecule has 1 aromatic rings. The Morgan fingerprint density at radius 2 is 2.00 bits per heavy atom. The van der Waals surface area contributed by atoms with Gasteiger partial charge in [-0.2, -0.15) is 0 Å². The van der Waals surface area contributed by atoms with Crippen LogP contribution in [0, 0.1) is 0 Å². The molecule has 1 rings (SSSR count). The number of carbonyl (C=O) groups is 1. The van der Waals surface area contributed by atoms with Crippen molar-refractivity contribution >= 4 is 16.3 Å². The summed E-state index contributed by atoms with van der Waals surface area (Å²) in [6, 6.07) is 3.92. The number of carbonyl (C=O) groups excluding carboxylic acids is 1. The molecular weight excluding hydrogens is 230 g/mol. The molecule has 0 aliphatic heterocycles. The van der Waals surface area contributed by atoms with Crippen LogP contribution in [-0.2, 0) is 10.0 Å². The zero-order chi connectivity index (χ0) is 12.3. The van der Waals surface area contributed by atoms with Gasteiger partial charge in [-0.15, -0.1) is 0 Å². The minimum Gasteiger partial charge on any atom is -0.490 e. The summed E-state index contributed by atoms with van der Waals surface area (Å²) in [4.78, 5) is 10.7. The summed E-state index contributed by atoms with van der Waals surface area (Å²) in [5.41, 5.74) is 0.167. The average Bonchev–Trinajstić information content (AvgIpc) is 2.15. The Kier molecular flexibility index (Phi) is 3.66. The molecule has 0 amide bonds. The second-order valence-electron chi connectivity index (χ2n) is 3.53. The smallest absolute Gasteiger partial charge is 0.238 e. The minimum absolute atomic E-state index is 0.0981.